The molecule has 1 N–H and O–H groups in total. The molecule has 0 aromatic carbocycles. The van der Waals surface area contributed by atoms with Crippen LogP contribution < -0.4 is 10.1 Å². The minimum absolute atomic E-state index is 0.387. The lowest BCUT2D eigenvalue weighted by Gasteiger charge is -2.24. The number of piperidine rings is 1. The first-order valence-electron chi connectivity index (χ1n) is 6.56. The normalized spacial score (nSPS) is 20.8. The summed E-state index contributed by atoms with van der Waals surface area (Å²) in [7, 11) is 1.72. The zero-order valence-corrected chi connectivity index (χ0v) is 11.1. The summed E-state index contributed by atoms with van der Waals surface area (Å²) in [6.07, 6.45) is 6.73. The Morgan fingerprint density at radius 3 is 2.94 bits per heavy atom. The number of methoxy groups -OCH3 is 1. The van der Waals surface area contributed by atoms with Gasteiger partial charge in [0.05, 0.1) is 19.0 Å². The van der Waals surface area contributed by atoms with E-state index in [4.69, 9.17) is 4.74 Å². The summed E-state index contributed by atoms with van der Waals surface area (Å²) in [5.74, 6) is 0.922. The number of nitrogens with zero attached hydrogens (tertiary/aromatic N) is 2. The van der Waals surface area contributed by atoms with Gasteiger partial charge in [-0.25, -0.2) is 0 Å². The Morgan fingerprint density at radius 1 is 1.53 bits per heavy atom. The molecule has 4 heteroatoms. The van der Waals surface area contributed by atoms with Crippen molar-refractivity contribution in [1.29, 1.82) is 0 Å². The molecule has 96 valence electrons. The standard InChI is InChI=1S/C13H23N3O/c1-10(2)16-12(13(17-3)9-15-16)8-11-6-4-5-7-14-11/h9-11,14H,4-8H2,1-3H3. The van der Waals surface area contributed by atoms with E-state index in [0.29, 0.717) is 12.1 Å². The highest BCUT2D eigenvalue weighted by Gasteiger charge is 2.20. The Kier molecular flexibility index (Phi) is 4.05. The maximum atomic E-state index is 5.41. The third-order valence-electron chi connectivity index (χ3n) is 3.42. The second-order valence-corrected chi connectivity index (χ2v) is 5.05. The predicted molar refractivity (Wildman–Crippen MR) is 68.5 cm³/mol. The zero-order valence-electron chi connectivity index (χ0n) is 11.1. The highest BCUT2D eigenvalue weighted by Crippen LogP contribution is 2.24. The number of aromatic nitrogens is 2. The van der Waals surface area contributed by atoms with Gasteiger partial charge in [-0.15, -0.1) is 0 Å². The molecule has 1 fully saturated rings. The van der Waals surface area contributed by atoms with Crippen LogP contribution in [0.15, 0.2) is 6.20 Å². The summed E-state index contributed by atoms with van der Waals surface area (Å²) in [6, 6.07) is 0.962. The summed E-state index contributed by atoms with van der Waals surface area (Å²) >= 11 is 0. The Hall–Kier alpha value is -1.03. The minimum atomic E-state index is 0.387. The maximum absolute atomic E-state index is 5.41. The molecule has 1 atom stereocenters. The first kappa shape index (κ1) is 12.4. The summed E-state index contributed by atoms with van der Waals surface area (Å²) in [5, 5.41) is 7.99. The topological polar surface area (TPSA) is 39.1 Å². The monoisotopic (exact) mass is 237 g/mol. The Labute approximate surface area is 103 Å². The van der Waals surface area contributed by atoms with Crippen LogP contribution in [0.2, 0.25) is 0 Å². The van der Waals surface area contributed by atoms with E-state index in [2.05, 4.69) is 28.9 Å². The van der Waals surface area contributed by atoms with Crippen LogP contribution in [0.3, 0.4) is 0 Å². The molecule has 1 saturated heterocycles. The third kappa shape index (κ3) is 2.80. The van der Waals surface area contributed by atoms with Crippen molar-refractivity contribution >= 4 is 0 Å². The second-order valence-electron chi connectivity index (χ2n) is 5.05. The van der Waals surface area contributed by atoms with Gasteiger partial charge in [-0.05, 0) is 33.2 Å². The van der Waals surface area contributed by atoms with E-state index in [1.54, 1.807) is 7.11 Å². The van der Waals surface area contributed by atoms with E-state index in [1.165, 1.54) is 25.0 Å². The summed E-state index contributed by atoms with van der Waals surface area (Å²) in [4.78, 5) is 0. The molecular weight excluding hydrogens is 214 g/mol. The van der Waals surface area contributed by atoms with Gasteiger partial charge in [0.2, 0.25) is 0 Å². The van der Waals surface area contributed by atoms with E-state index < -0.39 is 0 Å². The fourth-order valence-corrected chi connectivity index (χ4v) is 2.51. The van der Waals surface area contributed by atoms with Crippen molar-refractivity contribution in [2.75, 3.05) is 13.7 Å². The zero-order chi connectivity index (χ0) is 12.3. The maximum Gasteiger partial charge on any atom is 0.160 e. The van der Waals surface area contributed by atoms with Crippen LogP contribution in [0.25, 0.3) is 0 Å². The van der Waals surface area contributed by atoms with Crippen LogP contribution in [0.1, 0.15) is 44.8 Å². The molecular formula is C13H23N3O. The van der Waals surface area contributed by atoms with Crippen molar-refractivity contribution < 1.29 is 4.74 Å². The third-order valence-corrected chi connectivity index (χ3v) is 3.42. The molecule has 0 radical (unpaired) electrons. The van der Waals surface area contributed by atoms with Gasteiger partial charge < -0.3 is 10.1 Å². The van der Waals surface area contributed by atoms with Crippen molar-refractivity contribution in [2.24, 2.45) is 0 Å². The molecule has 1 unspecified atom stereocenters. The van der Waals surface area contributed by atoms with Crippen molar-refractivity contribution in [3.8, 4) is 5.75 Å². The van der Waals surface area contributed by atoms with E-state index in [-0.39, 0.29) is 0 Å². The SMILES string of the molecule is COc1cnn(C(C)C)c1CC1CCCCN1. The van der Waals surface area contributed by atoms with Crippen molar-refractivity contribution in [2.45, 2.75) is 51.6 Å². The van der Waals surface area contributed by atoms with E-state index in [1.807, 2.05) is 6.20 Å². The molecule has 4 nitrogen and oxygen atoms in total. The number of rotatable bonds is 4. The van der Waals surface area contributed by atoms with Crippen LogP contribution >= 0.6 is 0 Å². The van der Waals surface area contributed by atoms with Crippen LogP contribution in [0.4, 0.5) is 0 Å². The summed E-state index contributed by atoms with van der Waals surface area (Å²) in [6.45, 7) is 5.46. The van der Waals surface area contributed by atoms with Crippen molar-refractivity contribution in [3.63, 3.8) is 0 Å². The van der Waals surface area contributed by atoms with Gasteiger partial charge in [-0.3, -0.25) is 4.68 Å². The average Bonchev–Trinajstić information content (AvgIpc) is 2.73. The number of hydrogen-bond acceptors (Lipinski definition) is 3. The predicted octanol–water partition coefficient (Wildman–Crippen LogP) is 2.16. The molecule has 1 aliphatic rings. The number of nitrogens with one attached hydrogen (secondary N) is 1. The fourth-order valence-electron chi connectivity index (χ4n) is 2.51. The van der Waals surface area contributed by atoms with Gasteiger partial charge in [0.15, 0.2) is 5.75 Å². The highest BCUT2D eigenvalue weighted by atomic mass is 16.5. The molecule has 1 aromatic heterocycles. The Balaban J connectivity index is 2.14. The molecule has 0 bridgehead atoms. The van der Waals surface area contributed by atoms with E-state index in [0.717, 1.165) is 18.7 Å². The van der Waals surface area contributed by atoms with Gasteiger partial charge >= 0.3 is 0 Å². The Bertz CT molecular complexity index is 354. The molecule has 0 saturated carbocycles. The number of hydrogen-bond donors (Lipinski definition) is 1. The van der Waals surface area contributed by atoms with Crippen LogP contribution in [-0.2, 0) is 6.42 Å². The molecule has 1 aromatic rings. The fraction of sp³-hybridized carbons (Fsp3) is 0.769. The highest BCUT2D eigenvalue weighted by molar-refractivity contribution is 5.26. The van der Waals surface area contributed by atoms with Gasteiger partial charge in [-0.1, -0.05) is 6.42 Å². The lowest BCUT2D eigenvalue weighted by molar-refractivity contribution is 0.368. The van der Waals surface area contributed by atoms with Crippen molar-refractivity contribution in [3.05, 3.63) is 11.9 Å². The second kappa shape index (κ2) is 5.54. The molecule has 0 aliphatic carbocycles. The van der Waals surface area contributed by atoms with E-state index >= 15 is 0 Å². The first-order valence-corrected chi connectivity index (χ1v) is 6.56. The quantitative estimate of drug-likeness (QED) is 0.872. The molecule has 17 heavy (non-hydrogen) atoms. The molecule has 1 aliphatic heterocycles. The van der Waals surface area contributed by atoms with Gasteiger partial charge in [-0.2, -0.15) is 5.10 Å². The summed E-state index contributed by atoms with van der Waals surface area (Å²) in [5.41, 5.74) is 1.22. The van der Waals surface area contributed by atoms with Crippen LogP contribution in [0.5, 0.6) is 5.75 Å². The first-order chi connectivity index (χ1) is 8.22. The number of ether oxygens (including phenoxy) is 1. The molecule has 0 spiro atoms. The van der Waals surface area contributed by atoms with E-state index in [9.17, 15) is 0 Å². The Morgan fingerprint density at radius 2 is 2.35 bits per heavy atom. The van der Waals surface area contributed by atoms with Crippen molar-refractivity contribution in [1.82, 2.24) is 15.1 Å². The van der Waals surface area contributed by atoms with Gasteiger partial charge in [0.25, 0.3) is 0 Å². The van der Waals surface area contributed by atoms with Gasteiger partial charge in [0, 0.05) is 18.5 Å². The molecule has 2 heterocycles. The molecule has 2 rings (SSSR count). The lowest BCUT2D eigenvalue weighted by atomic mass is 10.00. The largest absolute Gasteiger partial charge is 0.493 e. The van der Waals surface area contributed by atoms with Gasteiger partial charge in [0.1, 0.15) is 0 Å². The lowest BCUT2D eigenvalue weighted by Crippen LogP contribution is -2.36. The van der Waals surface area contributed by atoms with Crippen LogP contribution in [0, 0.1) is 0 Å². The van der Waals surface area contributed by atoms with Crippen LogP contribution in [-0.4, -0.2) is 29.5 Å². The molecule has 0 amide bonds. The average molecular weight is 237 g/mol. The minimum Gasteiger partial charge on any atom is -0.493 e. The summed E-state index contributed by atoms with van der Waals surface area (Å²) < 4.78 is 7.49. The smallest absolute Gasteiger partial charge is 0.160 e.